The Balaban J connectivity index is 0.000000213. The third-order valence-electron chi connectivity index (χ3n) is 6.25. The number of nitrogens with zero attached hydrogens (tertiary/aromatic N) is 5. The lowest BCUT2D eigenvalue weighted by Gasteiger charge is -2.24. The number of hydrogen-bond donors (Lipinski definition) is 3. The van der Waals surface area contributed by atoms with E-state index in [9.17, 15) is 18.7 Å². The van der Waals surface area contributed by atoms with E-state index in [1.54, 1.807) is 18.1 Å². The Bertz CT molecular complexity index is 1120. The van der Waals surface area contributed by atoms with Gasteiger partial charge in [0.05, 0.1) is 30.6 Å². The van der Waals surface area contributed by atoms with Crippen LogP contribution in [-0.2, 0) is 18.4 Å². The molecular formula is C25H35F2N7O2S. The van der Waals surface area contributed by atoms with Gasteiger partial charge in [-0.3, -0.25) is 9.79 Å². The predicted octanol–water partition coefficient (Wildman–Crippen LogP) is 2.41. The van der Waals surface area contributed by atoms with Crippen molar-refractivity contribution in [2.45, 2.75) is 44.2 Å². The standard InChI is InChI=1S/C14H20F2N4S.C11H15N3O2/c1-9-6-13(10(2)19(9)3)21-20-5-4-18-11(8-20)7-12(17)14(15)16;15-8-12-6-9-2-1-4-13-11(9)14-5-3-10(16)7-14/h6-7,14H,4-5,8,17H2,1-3H3;1-2,4,8,10,16H,3,5-7H2,(H,12,15)/b12-7-;. The van der Waals surface area contributed by atoms with Crippen LogP contribution in [0.4, 0.5) is 14.6 Å². The average molecular weight is 536 g/mol. The molecule has 202 valence electrons. The van der Waals surface area contributed by atoms with Gasteiger partial charge in [0, 0.05) is 61.3 Å². The van der Waals surface area contributed by atoms with Crippen molar-refractivity contribution in [2.75, 3.05) is 37.6 Å². The van der Waals surface area contributed by atoms with Crippen LogP contribution in [0.1, 0.15) is 23.4 Å². The van der Waals surface area contributed by atoms with Crippen molar-refractivity contribution < 1.29 is 18.7 Å². The van der Waals surface area contributed by atoms with Gasteiger partial charge in [0.2, 0.25) is 6.41 Å². The van der Waals surface area contributed by atoms with Gasteiger partial charge in [0.15, 0.2) is 0 Å². The van der Waals surface area contributed by atoms with Crippen molar-refractivity contribution in [3.05, 3.63) is 53.1 Å². The zero-order chi connectivity index (χ0) is 26.9. The third kappa shape index (κ3) is 8.01. The molecule has 1 saturated heterocycles. The fourth-order valence-electron chi connectivity index (χ4n) is 4.03. The first-order valence-corrected chi connectivity index (χ1v) is 12.8. The number of amides is 1. The molecule has 4 N–H and O–H groups in total. The highest BCUT2D eigenvalue weighted by Gasteiger charge is 2.23. The SMILES string of the molecule is Cc1cc(SN2CCN=C(/C=C(\N)C(F)F)C2)c(C)n1C.O=CNCc1cccnc1N1CCC(O)C1. The van der Waals surface area contributed by atoms with Gasteiger partial charge < -0.3 is 25.6 Å². The molecule has 1 fully saturated rings. The first-order valence-electron chi connectivity index (χ1n) is 12.1. The molecule has 2 aromatic rings. The fraction of sp³-hybridized carbons (Fsp3) is 0.480. The van der Waals surface area contributed by atoms with E-state index < -0.39 is 12.1 Å². The average Bonchev–Trinajstić information content (AvgIpc) is 3.42. The third-order valence-corrected chi connectivity index (χ3v) is 7.43. The number of aromatic nitrogens is 2. The van der Waals surface area contributed by atoms with Crippen LogP contribution in [-0.4, -0.2) is 76.3 Å². The molecule has 9 nitrogen and oxygen atoms in total. The number of aryl methyl sites for hydroxylation is 1. The molecule has 2 aromatic heterocycles. The largest absolute Gasteiger partial charge is 0.397 e. The highest BCUT2D eigenvalue weighted by Crippen LogP contribution is 2.29. The van der Waals surface area contributed by atoms with Crippen LogP contribution in [0.2, 0.25) is 0 Å². The summed E-state index contributed by atoms with van der Waals surface area (Å²) in [4.78, 5) is 22.1. The number of carbonyl (C=O) groups is 1. The molecule has 1 atom stereocenters. The number of nitrogens with one attached hydrogen (secondary N) is 1. The van der Waals surface area contributed by atoms with Crippen molar-refractivity contribution in [3.63, 3.8) is 0 Å². The number of β-amino-alcohol motifs (C(OH)–C–C–N with tert-alkyl or cyclic N) is 1. The van der Waals surface area contributed by atoms with E-state index in [0.717, 1.165) is 30.9 Å². The molecule has 37 heavy (non-hydrogen) atoms. The van der Waals surface area contributed by atoms with Crippen molar-refractivity contribution >= 4 is 29.9 Å². The Hall–Kier alpha value is -2.96. The molecule has 0 radical (unpaired) electrons. The number of nitrogens with two attached hydrogens (primary N) is 1. The van der Waals surface area contributed by atoms with E-state index in [4.69, 9.17) is 5.73 Å². The summed E-state index contributed by atoms with van der Waals surface area (Å²) in [6.07, 6.45) is 1.57. The molecule has 12 heteroatoms. The first kappa shape index (κ1) is 28.6. The van der Waals surface area contributed by atoms with Crippen LogP contribution in [0.25, 0.3) is 0 Å². The molecule has 4 heterocycles. The van der Waals surface area contributed by atoms with Crippen LogP contribution in [0, 0.1) is 13.8 Å². The molecule has 1 unspecified atom stereocenters. The molecule has 0 bridgehead atoms. The van der Waals surface area contributed by atoms with Crippen LogP contribution in [0.3, 0.4) is 0 Å². The minimum atomic E-state index is -2.63. The second-order valence-corrected chi connectivity index (χ2v) is 10.1. The number of anilines is 1. The van der Waals surface area contributed by atoms with Crippen LogP contribution in [0.15, 0.2) is 46.1 Å². The lowest BCUT2D eigenvalue weighted by atomic mass is 10.2. The fourth-order valence-corrected chi connectivity index (χ4v) is 5.17. The first-order chi connectivity index (χ1) is 17.7. The second-order valence-electron chi connectivity index (χ2n) is 8.94. The quantitative estimate of drug-likeness (QED) is 0.352. The number of aliphatic imine (C=N–C) groups is 1. The maximum absolute atomic E-state index is 12.5. The Morgan fingerprint density at radius 3 is 2.78 bits per heavy atom. The van der Waals surface area contributed by atoms with Crippen molar-refractivity contribution in [2.24, 2.45) is 17.8 Å². The number of carbonyl (C=O) groups excluding carboxylic acids is 1. The van der Waals surface area contributed by atoms with Gasteiger partial charge >= 0.3 is 0 Å². The summed E-state index contributed by atoms with van der Waals surface area (Å²) in [5.74, 6) is 0.855. The van der Waals surface area contributed by atoms with E-state index in [2.05, 4.69) is 44.1 Å². The molecule has 0 aliphatic carbocycles. The Kier molecular flexibility index (Phi) is 10.5. The number of alkyl halides is 2. The molecule has 0 aromatic carbocycles. The van der Waals surface area contributed by atoms with Crippen molar-refractivity contribution in [1.82, 2.24) is 19.2 Å². The Morgan fingerprint density at radius 2 is 2.16 bits per heavy atom. The Morgan fingerprint density at radius 1 is 1.38 bits per heavy atom. The minimum Gasteiger partial charge on any atom is -0.397 e. The van der Waals surface area contributed by atoms with Crippen molar-refractivity contribution in [1.29, 1.82) is 0 Å². The van der Waals surface area contributed by atoms with Gasteiger partial charge in [-0.2, -0.15) is 0 Å². The predicted molar refractivity (Wildman–Crippen MR) is 143 cm³/mol. The van der Waals surface area contributed by atoms with Gasteiger partial charge in [-0.25, -0.2) is 18.1 Å². The van der Waals surface area contributed by atoms with E-state index in [1.165, 1.54) is 22.4 Å². The van der Waals surface area contributed by atoms with E-state index in [-0.39, 0.29) is 6.10 Å². The normalized spacial score (nSPS) is 18.5. The maximum atomic E-state index is 12.5. The lowest BCUT2D eigenvalue weighted by molar-refractivity contribution is -0.109. The summed E-state index contributed by atoms with van der Waals surface area (Å²) in [5.41, 5.74) is 8.85. The zero-order valence-corrected chi connectivity index (χ0v) is 22.2. The summed E-state index contributed by atoms with van der Waals surface area (Å²) in [7, 11) is 2.03. The topological polar surface area (TPSA) is 112 Å². The molecule has 0 spiro atoms. The van der Waals surface area contributed by atoms with Crippen LogP contribution < -0.4 is 16.0 Å². The number of aliphatic hydroxyl groups is 1. The summed E-state index contributed by atoms with van der Waals surface area (Å²) in [6.45, 7) is 7.95. The minimum absolute atomic E-state index is 0.270. The lowest BCUT2D eigenvalue weighted by Crippen LogP contribution is -2.31. The maximum Gasteiger partial charge on any atom is 0.277 e. The molecule has 1 amide bonds. The summed E-state index contributed by atoms with van der Waals surface area (Å²) in [5, 5.41) is 12.1. The highest BCUT2D eigenvalue weighted by atomic mass is 32.2. The highest BCUT2D eigenvalue weighted by molar-refractivity contribution is 7.97. The Labute approximate surface area is 220 Å². The van der Waals surface area contributed by atoms with E-state index in [0.29, 0.717) is 38.3 Å². The summed E-state index contributed by atoms with van der Waals surface area (Å²) in [6, 6.07) is 5.91. The van der Waals surface area contributed by atoms with E-state index in [1.807, 2.05) is 24.1 Å². The molecule has 2 aliphatic heterocycles. The summed E-state index contributed by atoms with van der Waals surface area (Å²) < 4.78 is 29.2. The van der Waals surface area contributed by atoms with Crippen molar-refractivity contribution in [3.8, 4) is 0 Å². The number of allylic oxidation sites excluding steroid dienone is 1. The number of rotatable bonds is 8. The monoisotopic (exact) mass is 535 g/mol. The number of pyridine rings is 1. The number of halogens is 2. The molecule has 2 aliphatic rings. The molecular weight excluding hydrogens is 500 g/mol. The molecule has 0 saturated carbocycles. The number of hydrogen-bond acceptors (Lipinski definition) is 8. The smallest absolute Gasteiger partial charge is 0.277 e. The van der Waals surface area contributed by atoms with Gasteiger partial charge in [0.25, 0.3) is 6.43 Å². The summed E-state index contributed by atoms with van der Waals surface area (Å²) >= 11 is 1.64. The van der Waals surface area contributed by atoms with E-state index >= 15 is 0 Å². The van der Waals surface area contributed by atoms with Crippen LogP contribution >= 0.6 is 11.9 Å². The van der Waals surface area contributed by atoms with Gasteiger partial charge in [-0.05, 0) is 50.4 Å². The number of aliphatic hydroxyl groups excluding tert-OH is 1. The molecule has 4 rings (SSSR count). The van der Waals surface area contributed by atoms with Gasteiger partial charge in [0.1, 0.15) is 5.82 Å². The van der Waals surface area contributed by atoms with Gasteiger partial charge in [-0.1, -0.05) is 6.07 Å². The van der Waals surface area contributed by atoms with Gasteiger partial charge in [-0.15, -0.1) is 0 Å². The van der Waals surface area contributed by atoms with Crippen LogP contribution in [0.5, 0.6) is 0 Å². The second kappa shape index (κ2) is 13.5. The zero-order valence-electron chi connectivity index (χ0n) is 21.4.